The molecule has 2 atom stereocenters. The van der Waals surface area contributed by atoms with Gasteiger partial charge in [-0.3, -0.25) is 4.79 Å². The fraction of sp³-hybridized carbons (Fsp3) is 0.909. The molecular formula is C11H17F3O2. The number of hydrogen-bond donors (Lipinski definition) is 0. The molecule has 0 aromatic heterocycles. The number of carbonyl (C=O) groups excluding carboxylic acids is 1. The summed E-state index contributed by atoms with van der Waals surface area (Å²) in [6, 6.07) is 0. The SMILES string of the molecule is CCC1(C)C(=O)CC1OCCCC(F)(F)F. The Balaban J connectivity index is 2.23. The van der Waals surface area contributed by atoms with Crippen molar-refractivity contribution in [3.05, 3.63) is 0 Å². The van der Waals surface area contributed by atoms with Crippen molar-refractivity contribution in [1.29, 1.82) is 0 Å². The molecule has 0 aliphatic heterocycles. The molecule has 0 radical (unpaired) electrons. The van der Waals surface area contributed by atoms with Gasteiger partial charge in [-0.15, -0.1) is 0 Å². The van der Waals surface area contributed by atoms with Gasteiger partial charge >= 0.3 is 6.18 Å². The molecule has 0 saturated heterocycles. The van der Waals surface area contributed by atoms with Gasteiger partial charge < -0.3 is 4.74 Å². The van der Waals surface area contributed by atoms with E-state index in [2.05, 4.69) is 0 Å². The Bertz CT molecular complexity index is 262. The maximum atomic E-state index is 11.8. The molecule has 0 spiro atoms. The molecule has 2 nitrogen and oxygen atoms in total. The van der Waals surface area contributed by atoms with E-state index < -0.39 is 18.0 Å². The van der Waals surface area contributed by atoms with Crippen LogP contribution in [0.25, 0.3) is 0 Å². The number of hydrogen-bond acceptors (Lipinski definition) is 2. The van der Waals surface area contributed by atoms with E-state index >= 15 is 0 Å². The zero-order valence-corrected chi connectivity index (χ0v) is 9.56. The lowest BCUT2D eigenvalue weighted by atomic mass is 9.64. The summed E-state index contributed by atoms with van der Waals surface area (Å²) >= 11 is 0. The second-order valence-corrected chi connectivity index (χ2v) is 4.48. The van der Waals surface area contributed by atoms with E-state index in [1.54, 1.807) is 0 Å². The zero-order chi connectivity index (χ0) is 12.4. The quantitative estimate of drug-likeness (QED) is 0.688. The molecule has 0 heterocycles. The third-order valence-electron chi connectivity index (χ3n) is 3.38. The van der Waals surface area contributed by atoms with Gasteiger partial charge in [0, 0.05) is 19.4 Å². The second-order valence-electron chi connectivity index (χ2n) is 4.48. The Kier molecular flexibility index (Phi) is 3.99. The Labute approximate surface area is 93.2 Å². The first-order chi connectivity index (χ1) is 7.29. The normalized spacial score (nSPS) is 30.3. The van der Waals surface area contributed by atoms with Crippen LogP contribution >= 0.6 is 0 Å². The number of halogens is 3. The molecular weight excluding hydrogens is 221 g/mol. The van der Waals surface area contributed by atoms with E-state index in [1.807, 2.05) is 13.8 Å². The van der Waals surface area contributed by atoms with Crippen LogP contribution in [0.4, 0.5) is 13.2 Å². The Morgan fingerprint density at radius 3 is 2.56 bits per heavy atom. The summed E-state index contributed by atoms with van der Waals surface area (Å²) in [6.45, 7) is 3.78. The van der Waals surface area contributed by atoms with Crippen LogP contribution in [0, 0.1) is 5.41 Å². The molecule has 1 aliphatic carbocycles. The molecule has 0 bridgehead atoms. The summed E-state index contributed by atoms with van der Waals surface area (Å²) < 4.78 is 40.9. The lowest BCUT2D eigenvalue weighted by Crippen LogP contribution is -2.53. The zero-order valence-electron chi connectivity index (χ0n) is 9.56. The molecule has 16 heavy (non-hydrogen) atoms. The minimum Gasteiger partial charge on any atom is -0.377 e. The predicted molar refractivity (Wildman–Crippen MR) is 53.1 cm³/mol. The first kappa shape index (κ1) is 13.5. The molecule has 2 unspecified atom stereocenters. The molecule has 1 fully saturated rings. The lowest BCUT2D eigenvalue weighted by molar-refractivity contribution is -0.165. The van der Waals surface area contributed by atoms with Crippen LogP contribution in [0.5, 0.6) is 0 Å². The number of carbonyl (C=O) groups is 1. The number of Topliss-reactive ketones (excluding diaryl/α,β-unsaturated/α-hetero) is 1. The largest absolute Gasteiger partial charge is 0.389 e. The second kappa shape index (κ2) is 4.73. The highest BCUT2D eigenvalue weighted by Gasteiger charge is 2.50. The number of rotatable bonds is 5. The van der Waals surface area contributed by atoms with Gasteiger partial charge in [0.15, 0.2) is 0 Å². The first-order valence-electron chi connectivity index (χ1n) is 5.51. The van der Waals surface area contributed by atoms with Gasteiger partial charge in [-0.1, -0.05) is 13.8 Å². The number of ether oxygens (including phenoxy) is 1. The minimum absolute atomic E-state index is 0.0337. The van der Waals surface area contributed by atoms with Crippen LogP contribution in [-0.4, -0.2) is 24.7 Å². The van der Waals surface area contributed by atoms with E-state index in [9.17, 15) is 18.0 Å². The van der Waals surface area contributed by atoms with Crippen molar-refractivity contribution in [1.82, 2.24) is 0 Å². The van der Waals surface area contributed by atoms with Gasteiger partial charge in [0.1, 0.15) is 5.78 Å². The van der Waals surface area contributed by atoms with Crippen molar-refractivity contribution in [3.8, 4) is 0 Å². The Morgan fingerprint density at radius 2 is 2.12 bits per heavy atom. The van der Waals surface area contributed by atoms with Crippen molar-refractivity contribution in [2.24, 2.45) is 5.41 Å². The van der Waals surface area contributed by atoms with Crippen LogP contribution in [0.1, 0.15) is 39.5 Å². The van der Waals surface area contributed by atoms with Gasteiger partial charge in [-0.2, -0.15) is 13.2 Å². The summed E-state index contributed by atoms with van der Waals surface area (Å²) in [5, 5.41) is 0. The minimum atomic E-state index is -4.12. The van der Waals surface area contributed by atoms with Gasteiger partial charge in [0.2, 0.25) is 0 Å². The van der Waals surface area contributed by atoms with Gasteiger partial charge in [-0.05, 0) is 12.8 Å². The number of ketones is 1. The van der Waals surface area contributed by atoms with Crippen LogP contribution in [0.2, 0.25) is 0 Å². The van der Waals surface area contributed by atoms with Crippen molar-refractivity contribution in [3.63, 3.8) is 0 Å². The first-order valence-corrected chi connectivity index (χ1v) is 5.51. The summed E-state index contributed by atoms with van der Waals surface area (Å²) in [5.74, 6) is 0.149. The van der Waals surface area contributed by atoms with Crippen LogP contribution in [0.15, 0.2) is 0 Å². The lowest BCUT2D eigenvalue weighted by Gasteiger charge is -2.44. The molecule has 1 saturated carbocycles. The highest BCUT2D eigenvalue weighted by molar-refractivity contribution is 5.91. The summed E-state index contributed by atoms with van der Waals surface area (Å²) in [6.07, 6.45) is -4.15. The molecule has 1 rings (SSSR count). The fourth-order valence-electron chi connectivity index (χ4n) is 1.84. The van der Waals surface area contributed by atoms with E-state index in [0.717, 1.165) is 0 Å². The predicted octanol–water partition coefficient (Wildman–Crippen LogP) is 3.10. The Morgan fingerprint density at radius 1 is 1.50 bits per heavy atom. The van der Waals surface area contributed by atoms with Crippen LogP contribution in [0.3, 0.4) is 0 Å². The third kappa shape index (κ3) is 2.97. The van der Waals surface area contributed by atoms with Crippen molar-refractivity contribution < 1.29 is 22.7 Å². The van der Waals surface area contributed by atoms with Gasteiger partial charge in [0.05, 0.1) is 11.5 Å². The summed E-state index contributed by atoms with van der Waals surface area (Å²) in [7, 11) is 0. The van der Waals surface area contributed by atoms with Gasteiger partial charge in [0.25, 0.3) is 0 Å². The number of alkyl halides is 3. The summed E-state index contributed by atoms with van der Waals surface area (Å²) in [4.78, 5) is 11.3. The Hall–Kier alpha value is -0.580. The van der Waals surface area contributed by atoms with Crippen LogP contribution in [-0.2, 0) is 9.53 Å². The fourth-order valence-corrected chi connectivity index (χ4v) is 1.84. The van der Waals surface area contributed by atoms with Crippen molar-refractivity contribution >= 4 is 5.78 Å². The smallest absolute Gasteiger partial charge is 0.377 e. The standard InChI is InChI=1S/C11H17F3O2/c1-3-10(2)8(15)7-9(10)16-6-4-5-11(12,13)14/h9H,3-7H2,1-2H3. The van der Waals surface area contributed by atoms with E-state index in [-0.39, 0.29) is 24.9 Å². The topological polar surface area (TPSA) is 26.3 Å². The highest BCUT2D eigenvalue weighted by Crippen LogP contribution is 2.42. The average molecular weight is 238 g/mol. The molecule has 5 heteroatoms. The maximum absolute atomic E-state index is 11.8. The maximum Gasteiger partial charge on any atom is 0.389 e. The molecule has 0 amide bonds. The summed E-state index contributed by atoms with van der Waals surface area (Å²) in [5.41, 5.74) is -0.474. The molecule has 94 valence electrons. The van der Waals surface area contributed by atoms with Gasteiger partial charge in [-0.25, -0.2) is 0 Å². The van der Waals surface area contributed by atoms with Crippen molar-refractivity contribution in [2.45, 2.75) is 51.8 Å². The molecule has 0 N–H and O–H groups in total. The van der Waals surface area contributed by atoms with E-state index in [4.69, 9.17) is 4.74 Å². The van der Waals surface area contributed by atoms with Crippen molar-refractivity contribution in [2.75, 3.05) is 6.61 Å². The molecule has 1 aliphatic rings. The van der Waals surface area contributed by atoms with E-state index in [1.165, 1.54) is 0 Å². The van der Waals surface area contributed by atoms with E-state index in [0.29, 0.717) is 12.8 Å². The molecule has 0 aromatic rings. The third-order valence-corrected chi connectivity index (χ3v) is 3.38. The highest BCUT2D eigenvalue weighted by atomic mass is 19.4. The van der Waals surface area contributed by atoms with Crippen LogP contribution < -0.4 is 0 Å². The molecule has 0 aromatic carbocycles. The monoisotopic (exact) mass is 238 g/mol. The average Bonchev–Trinajstić information content (AvgIpc) is 2.19.